The average molecular weight is 490 g/mol. The smallest absolute Gasteiger partial charge is 0.409 e. The largest absolute Gasteiger partial charge is 0.450 e. The van der Waals surface area contributed by atoms with Crippen molar-refractivity contribution in [3.05, 3.63) is 23.9 Å². The summed E-state index contributed by atoms with van der Waals surface area (Å²) in [6, 6.07) is 4.34. The number of guanidine groups is 1. The SMILES string of the molecule is CCOC(=O)N1CCC(NC(=NC)NCc2ccnc(N(C)C)c2)CC1.I. The number of pyridine rings is 1. The lowest BCUT2D eigenvalue weighted by atomic mass is 10.1. The molecule has 2 heterocycles. The summed E-state index contributed by atoms with van der Waals surface area (Å²) in [7, 11) is 5.71. The Morgan fingerprint density at radius 1 is 1.41 bits per heavy atom. The zero-order valence-corrected chi connectivity index (χ0v) is 18.9. The number of amides is 1. The Kier molecular flexibility index (Phi) is 10.2. The van der Waals surface area contributed by atoms with Crippen molar-refractivity contribution in [1.82, 2.24) is 20.5 Å². The lowest BCUT2D eigenvalue weighted by Gasteiger charge is -2.32. The molecule has 27 heavy (non-hydrogen) atoms. The number of aliphatic imine (C=N–C) groups is 1. The topological polar surface area (TPSA) is 82.1 Å². The highest BCUT2D eigenvalue weighted by molar-refractivity contribution is 14.0. The van der Waals surface area contributed by atoms with Gasteiger partial charge in [0, 0.05) is 53.0 Å². The fourth-order valence-corrected chi connectivity index (χ4v) is 2.81. The first-order valence-electron chi connectivity index (χ1n) is 9.04. The maximum absolute atomic E-state index is 11.8. The molecule has 0 aliphatic carbocycles. The Morgan fingerprint density at radius 2 is 2.11 bits per heavy atom. The van der Waals surface area contributed by atoms with Crippen LogP contribution in [0.2, 0.25) is 0 Å². The molecule has 0 aromatic carbocycles. The number of ether oxygens (including phenoxy) is 1. The molecule has 0 bridgehead atoms. The summed E-state index contributed by atoms with van der Waals surface area (Å²) in [6.07, 6.45) is 3.34. The van der Waals surface area contributed by atoms with Crippen LogP contribution in [0.5, 0.6) is 0 Å². The molecule has 9 heteroatoms. The fourth-order valence-electron chi connectivity index (χ4n) is 2.81. The standard InChI is InChI=1S/C18H30N6O2.HI/c1-5-26-18(25)24-10-7-15(8-11-24)22-17(19-2)21-13-14-6-9-20-16(12-14)23(3)4;/h6,9,12,15H,5,7-8,10-11,13H2,1-4H3,(H2,19,21,22);1H. The van der Waals surface area contributed by atoms with Gasteiger partial charge < -0.3 is 25.2 Å². The minimum Gasteiger partial charge on any atom is -0.450 e. The number of halogens is 1. The zero-order valence-electron chi connectivity index (χ0n) is 16.6. The Morgan fingerprint density at radius 3 is 2.70 bits per heavy atom. The number of nitrogens with one attached hydrogen (secondary N) is 2. The van der Waals surface area contributed by atoms with Crippen molar-refractivity contribution >= 4 is 41.8 Å². The second-order valence-electron chi connectivity index (χ2n) is 6.45. The van der Waals surface area contributed by atoms with Crippen molar-refractivity contribution in [3.8, 4) is 0 Å². The van der Waals surface area contributed by atoms with Crippen molar-refractivity contribution < 1.29 is 9.53 Å². The van der Waals surface area contributed by atoms with E-state index < -0.39 is 0 Å². The maximum Gasteiger partial charge on any atom is 0.409 e. The van der Waals surface area contributed by atoms with Crippen LogP contribution in [0.15, 0.2) is 23.3 Å². The van der Waals surface area contributed by atoms with Crippen LogP contribution in [0, 0.1) is 0 Å². The molecule has 2 N–H and O–H groups in total. The molecule has 1 aromatic heterocycles. The van der Waals surface area contributed by atoms with Gasteiger partial charge in [-0.2, -0.15) is 0 Å². The molecule has 0 unspecified atom stereocenters. The summed E-state index contributed by atoms with van der Waals surface area (Å²) in [5.74, 6) is 1.70. The predicted octanol–water partition coefficient (Wildman–Crippen LogP) is 2.05. The Labute approximate surface area is 178 Å². The summed E-state index contributed by atoms with van der Waals surface area (Å²) in [5.41, 5.74) is 1.14. The van der Waals surface area contributed by atoms with Crippen LogP contribution in [0.25, 0.3) is 0 Å². The minimum atomic E-state index is -0.220. The third-order valence-electron chi connectivity index (χ3n) is 4.31. The van der Waals surface area contributed by atoms with Crippen LogP contribution >= 0.6 is 24.0 Å². The Hall–Kier alpha value is -1.78. The van der Waals surface area contributed by atoms with Gasteiger partial charge in [0.05, 0.1) is 6.61 Å². The number of aromatic nitrogens is 1. The molecule has 1 saturated heterocycles. The molecule has 0 saturated carbocycles. The lowest BCUT2D eigenvalue weighted by molar-refractivity contribution is 0.0963. The van der Waals surface area contributed by atoms with E-state index in [0.29, 0.717) is 32.3 Å². The number of rotatable bonds is 5. The van der Waals surface area contributed by atoms with Gasteiger partial charge in [0.25, 0.3) is 0 Å². The van der Waals surface area contributed by atoms with Gasteiger partial charge in [-0.15, -0.1) is 24.0 Å². The molecular formula is C18H31IN6O2. The van der Waals surface area contributed by atoms with Gasteiger partial charge in [0.2, 0.25) is 0 Å². The molecule has 1 amide bonds. The van der Waals surface area contributed by atoms with Crippen molar-refractivity contribution in [3.63, 3.8) is 0 Å². The van der Waals surface area contributed by atoms with Gasteiger partial charge in [-0.1, -0.05) is 0 Å². The van der Waals surface area contributed by atoms with Crippen molar-refractivity contribution in [2.24, 2.45) is 4.99 Å². The highest BCUT2D eigenvalue weighted by Gasteiger charge is 2.23. The molecule has 0 radical (unpaired) electrons. The van der Waals surface area contributed by atoms with Gasteiger partial charge in [-0.05, 0) is 37.5 Å². The first-order chi connectivity index (χ1) is 12.5. The van der Waals surface area contributed by atoms with Crippen LogP contribution in [-0.4, -0.2) is 68.8 Å². The molecule has 1 aliphatic rings. The number of nitrogens with zero attached hydrogens (tertiary/aromatic N) is 4. The van der Waals surface area contributed by atoms with E-state index in [0.717, 1.165) is 30.2 Å². The summed E-state index contributed by atoms with van der Waals surface area (Å²) >= 11 is 0. The fraction of sp³-hybridized carbons (Fsp3) is 0.611. The summed E-state index contributed by atoms with van der Waals surface area (Å²) < 4.78 is 5.05. The van der Waals surface area contributed by atoms with Crippen molar-refractivity contribution in [1.29, 1.82) is 0 Å². The number of anilines is 1. The Bertz CT molecular complexity index is 618. The number of hydrogen-bond acceptors (Lipinski definition) is 5. The molecule has 1 fully saturated rings. The van der Waals surface area contributed by atoms with Crippen LogP contribution < -0.4 is 15.5 Å². The van der Waals surface area contributed by atoms with Gasteiger partial charge in [-0.25, -0.2) is 9.78 Å². The van der Waals surface area contributed by atoms with E-state index in [1.54, 1.807) is 11.9 Å². The monoisotopic (exact) mass is 490 g/mol. The average Bonchev–Trinajstić information content (AvgIpc) is 2.66. The quantitative estimate of drug-likeness (QED) is 0.374. The number of piperidine rings is 1. The van der Waals surface area contributed by atoms with Gasteiger partial charge in [0.15, 0.2) is 5.96 Å². The van der Waals surface area contributed by atoms with Crippen LogP contribution in [0.3, 0.4) is 0 Å². The predicted molar refractivity (Wildman–Crippen MR) is 119 cm³/mol. The summed E-state index contributed by atoms with van der Waals surface area (Å²) in [6.45, 7) is 4.31. The molecule has 152 valence electrons. The van der Waals surface area contributed by atoms with Crippen molar-refractivity contribution in [2.45, 2.75) is 32.4 Å². The number of likely N-dealkylation sites (tertiary alicyclic amines) is 1. The normalized spacial score (nSPS) is 15.0. The number of carbonyl (C=O) groups is 1. The van der Waals surface area contributed by atoms with Crippen molar-refractivity contribution in [2.75, 3.05) is 45.7 Å². The van der Waals surface area contributed by atoms with Crippen LogP contribution in [-0.2, 0) is 11.3 Å². The molecule has 1 aliphatic heterocycles. The van der Waals surface area contributed by atoms with E-state index in [1.165, 1.54) is 0 Å². The summed E-state index contributed by atoms with van der Waals surface area (Å²) in [5, 5.41) is 6.78. The van der Waals surface area contributed by atoms with Crippen LogP contribution in [0.1, 0.15) is 25.3 Å². The number of carbonyl (C=O) groups excluding carboxylic acids is 1. The Balaban J connectivity index is 0.00000364. The zero-order chi connectivity index (χ0) is 18.9. The lowest BCUT2D eigenvalue weighted by Crippen LogP contribution is -2.49. The summed E-state index contributed by atoms with van der Waals surface area (Å²) in [4.78, 5) is 24.1. The van der Waals surface area contributed by atoms with Gasteiger partial charge in [-0.3, -0.25) is 4.99 Å². The van der Waals surface area contributed by atoms with Crippen LogP contribution in [0.4, 0.5) is 10.6 Å². The van der Waals surface area contributed by atoms with E-state index in [4.69, 9.17) is 4.74 Å². The second-order valence-corrected chi connectivity index (χ2v) is 6.45. The van der Waals surface area contributed by atoms with E-state index in [9.17, 15) is 4.79 Å². The maximum atomic E-state index is 11.8. The van der Waals surface area contributed by atoms with Gasteiger partial charge >= 0.3 is 6.09 Å². The molecule has 0 spiro atoms. The highest BCUT2D eigenvalue weighted by atomic mass is 127. The highest BCUT2D eigenvalue weighted by Crippen LogP contribution is 2.12. The third kappa shape index (κ3) is 7.39. The molecule has 0 atom stereocenters. The first-order valence-corrected chi connectivity index (χ1v) is 9.04. The minimum absolute atomic E-state index is 0. The number of hydrogen-bond donors (Lipinski definition) is 2. The van der Waals surface area contributed by atoms with E-state index >= 15 is 0 Å². The first kappa shape index (κ1) is 23.3. The van der Waals surface area contributed by atoms with Gasteiger partial charge in [0.1, 0.15) is 5.82 Å². The molecular weight excluding hydrogens is 459 g/mol. The molecule has 8 nitrogen and oxygen atoms in total. The molecule has 1 aromatic rings. The second kappa shape index (κ2) is 11.8. The molecule has 2 rings (SSSR count). The third-order valence-corrected chi connectivity index (χ3v) is 4.31. The van der Waals surface area contributed by atoms with E-state index in [2.05, 4.69) is 26.7 Å². The van der Waals surface area contributed by atoms with E-state index in [-0.39, 0.29) is 30.1 Å². The van der Waals surface area contributed by atoms with E-state index in [1.807, 2.05) is 38.2 Å².